The molecule has 2 aliphatic carbocycles. The molecule has 0 radical (unpaired) electrons. The molecule has 0 aromatic heterocycles. The highest BCUT2D eigenvalue weighted by molar-refractivity contribution is 7.89. The van der Waals surface area contributed by atoms with E-state index in [-0.39, 0.29) is 21.7 Å². The molecule has 4 rings (SSSR count). The van der Waals surface area contributed by atoms with Crippen LogP contribution in [0.4, 0.5) is 0 Å². The molecular weight excluding hydrogens is 407 g/mol. The lowest BCUT2D eigenvalue weighted by atomic mass is 9.96. The van der Waals surface area contributed by atoms with E-state index >= 15 is 0 Å². The van der Waals surface area contributed by atoms with Crippen molar-refractivity contribution in [1.82, 2.24) is 9.62 Å². The summed E-state index contributed by atoms with van der Waals surface area (Å²) in [5.74, 6) is 1.29. The Kier molecular flexibility index (Phi) is 5.45. The van der Waals surface area contributed by atoms with Crippen molar-refractivity contribution in [1.29, 1.82) is 0 Å². The van der Waals surface area contributed by atoms with Crippen molar-refractivity contribution in [3.05, 3.63) is 28.2 Å². The van der Waals surface area contributed by atoms with Crippen LogP contribution in [0, 0.1) is 17.8 Å². The quantitative estimate of drug-likeness (QED) is 0.747. The van der Waals surface area contributed by atoms with Gasteiger partial charge in [0.2, 0.25) is 15.9 Å². The number of hydrogen-bond acceptors (Lipinski definition) is 3. The van der Waals surface area contributed by atoms with Crippen molar-refractivity contribution in [2.24, 2.45) is 17.8 Å². The maximum atomic E-state index is 12.9. The van der Waals surface area contributed by atoms with E-state index in [0.717, 1.165) is 0 Å². The first-order chi connectivity index (χ1) is 12.9. The van der Waals surface area contributed by atoms with Gasteiger partial charge in [0.25, 0.3) is 0 Å². The summed E-state index contributed by atoms with van der Waals surface area (Å²) in [5, 5.41) is 3.76. The van der Waals surface area contributed by atoms with Crippen molar-refractivity contribution in [3.63, 3.8) is 0 Å². The van der Waals surface area contributed by atoms with Gasteiger partial charge in [-0.2, -0.15) is 4.31 Å². The van der Waals surface area contributed by atoms with Crippen LogP contribution in [0.5, 0.6) is 0 Å². The highest BCUT2D eigenvalue weighted by Gasteiger charge is 2.43. The number of carbonyl (C=O) groups excluding carboxylic acids is 1. The summed E-state index contributed by atoms with van der Waals surface area (Å²) in [7, 11) is -3.71. The summed E-state index contributed by atoms with van der Waals surface area (Å²) in [4.78, 5) is 12.7. The second-order valence-electron chi connectivity index (χ2n) is 7.96. The zero-order chi connectivity index (χ0) is 19.2. The van der Waals surface area contributed by atoms with Gasteiger partial charge in [-0.1, -0.05) is 23.2 Å². The Labute approximate surface area is 170 Å². The Morgan fingerprint density at radius 3 is 2.19 bits per heavy atom. The molecule has 0 atom stereocenters. The SMILES string of the molecule is O=C(NC(C1CC1)C1CC1)C1CCN(S(=O)(=O)c2cc(Cl)ccc2Cl)CC1. The van der Waals surface area contributed by atoms with Crippen molar-refractivity contribution < 1.29 is 13.2 Å². The number of hydrogen-bond donors (Lipinski definition) is 1. The molecule has 3 aliphatic rings. The van der Waals surface area contributed by atoms with Gasteiger partial charge in [-0.3, -0.25) is 4.79 Å². The molecule has 1 heterocycles. The van der Waals surface area contributed by atoms with Crippen molar-refractivity contribution in [3.8, 4) is 0 Å². The van der Waals surface area contributed by atoms with E-state index < -0.39 is 10.0 Å². The Morgan fingerprint density at radius 2 is 1.63 bits per heavy atom. The third-order valence-corrected chi connectivity index (χ3v) is 8.52. The molecule has 1 aromatic rings. The van der Waals surface area contributed by atoms with Crippen LogP contribution in [0.2, 0.25) is 10.0 Å². The van der Waals surface area contributed by atoms with Crippen molar-refractivity contribution in [2.75, 3.05) is 13.1 Å². The predicted octanol–water partition coefficient (Wildman–Crippen LogP) is 3.70. The number of nitrogens with zero attached hydrogens (tertiary/aromatic N) is 1. The molecule has 1 aliphatic heterocycles. The Bertz CT molecular complexity index is 817. The van der Waals surface area contributed by atoms with Crippen LogP contribution in [0.15, 0.2) is 23.1 Å². The van der Waals surface area contributed by atoms with Gasteiger partial charge < -0.3 is 5.32 Å². The standard InChI is InChI=1S/C19H24Cl2N2O3S/c20-15-5-6-16(21)17(11-15)27(25,26)23-9-7-14(8-10-23)19(24)22-18(12-1-2-12)13-3-4-13/h5-6,11-14,18H,1-4,7-10H2,(H,22,24). The lowest BCUT2D eigenvalue weighted by molar-refractivity contribution is -0.127. The topological polar surface area (TPSA) is 66.5 Å². The number of piperidine rings is 1. The molecule has 1 saturated heterocycles. The first kappa shape index (κ1) is 19.5. The first-order valence-corrected chi connectivity index (χ1v) is 11.8. The molecule has 0 unspecified atom stereocenters. The minimum atomic E-state index is -3.71. The molecule has 0 spiro atoms. The summed E-state index contributed by atoms with van der Waals surface area (Å²) < 4.78 is 27.2. The predicted molar refractivity (Wildman–Crippen MR) is 105 cm³/mol. The molecule has 27 heavy (non-hydrogen) atoms. The summed E-state index contributed by atoms with van der Waals surface area (Å²) >= 11 is 12.0. The Balaban J connectivity index is 1.38. The normalized spacial score (nSPS) is 22.2. The number of rotatable bonds is 6. The lowest BCUT2D eigenvalue weighted by Crippen LogP contribution is -2.46. The molecule has 1 aromatic carbocycles. The largest absolute Gasteiger partial charge is 0.353 e. The molecule has 1 N–H and O–H groups in total. The highest BCUT2D eigenvalue weighted by atomic mass is 35.5. The number of benzene rings is 1. The van der Waals surface area contributed by atoms with E-state index in [1.807, 2.05) is 0 Å². The van der Waals surface area contributed by atoms with E-state index in [1.165, 1.54) is 42.1 Å². The molecular formula is C19H24Cl2N2O3S. The number of sulfonamides is 1. The maximum Gasteiger partial charge on any atom is 0.244 e. The molecule has 8 heteroatoms. The minimum absolute atomic E-state index is 0.0297. The van der Waals surface area contributed by atoms with Crippen LogP contribution in [-0.2, 0) is 14.8 Å². The Morgan fingerprint density at radius 1 is 1.04 bits per heavy atom. The molecule has 3 fully saturated rings. The molecule has 148 valence electrons. The monoisotopic (exact) mass is 430 g/mol. The van der Waals surface area contributed by atoms with Gasteiger partial charge >= 0.3 is 0 Å². The molecule has 0 bridgehead atoms. The molecule has 2 saturated carbocycles. The average molecular weight is 431 g/mol. The average Bonchev–Trinajstić information content (AvgIpc) is 3.55. The fourth-order valence-electron chi connectivity index (χ4n) is 3.99. The van der Waals surface area contributed by atoms with Gasteiger partial charge in [0.1, 0.15) is 4.90 Å². The van der Waals surface area contributed by atoms with Gasteiger partial charge in [0, 0.05) is 30.1 Å². The smallest absolute Gasteiger partial charge is 0.244 e. The Hall–Kier alpha value is -0.820. The van der Waals surface area contributed by atoms with Crippen LogP contribution >= 0.6 is 23.2 Å². The highest BCUT2D eigenvalue weighted by Crippen LogP contribution is 2.44. The van der Waals surface area contributed by atoms with Gasteiger partial charge in [-0.25, -0.2) is 8.42 Å². The molecule has 1 amide bonds. The summed E-state index contributed by atoms with van der Waals surface area (Å²) in [6, 6.07) is 4.78. The third kappa shape index (κ3) is 4.29. The van der Waals surface area contributed by atoms with Crippen molar-refractivity contribution >= 4 is 39.1 Å². The molecule has 5 nitrogen and oxygen atoms in total. The van der Waals surface area contributed by atoms with Crippen LogP contribution < -0.4 is 5.32 Å². The first-order valence-electron chi connectivity index (χ1n) is 9.62. The summed E-state index contributed by atoms with van der Waals surface area (Å²) in [5.41, 5.74) is 0. The number of amides is 1. The summed E-state index contributed by atoms with van der Waals surface area (Å²) in [6.45, 7) is 0.640. The fraction of sp³-hybridized carbons (Fsp3) is 0.632. The fourth-order valence-corrected chi connectivity index (χ4v) is 6.19. The van der Waals surface area contributed by atoms with E-state index in [4.69, 9.17) is 23.2 Å². The van der Waals surface area contributed by atoms with E-state index in [1.54, 1.807) is 6.07 Å². The van der Waals surface area contributed by atoms with Crippen LogP contribution in [0.25, 0.3) is 0 Å². The third-order valence-electron chi connectivity index (χ3n) is 5.90. The van der Waals surface area contributed by atoms with Crippen LogP contribution in [0.3, 0.4) is 0 Å². The number of carbonyl (C=O) groups is 1. The van der Waals surface area contributed by atoms with E-state index in [9.17, 15) is 13.2 Å². The number of halogens is 2. The zero-order valence-corrected chi connectivity index (χ0v) is 17.4. The van der Waals surface area contributed by atoms with Gasteiger partial charge in [0.15, 0.2) is 0 Å². The second kappa shape index (κ2) is 7.54. The van der Waals surface area contributed by atoms with E-state index in [0.29, 0.717) is 48.8 Å². The van der Waals surface area contributed by atoms with Crippen molar-refractivity contribution in [2.45, 2.75) is 49.5 Å². The zero-order valence-electron chi connectivity index (χ0n) is 15.0. The van der Waals surface area contributed by atoms with Gasteiger partial charge in [0.05, 0.1) is 5.02 Å². The summed E-state index contributed by atoms with van der Waals surface area (Å²) in [6.07, 6.45) is 5.95. The lowest BCUT2D eigenvalue weighted by Gasteiger charge is -2.31. The number of nitrogens with one attached hydrogen (secondary N) is 1. The van der Waals surface area contributed by atoms with Gasteiger partial charge in [-0.15, -0.1) is 0 Å². The maximum absolute atomic E-state index is 12.9. The van der Waals surface area contributed by atoms with E-state index in [2.05, 4.69) is 5.32 Å². The second-order valence-corrected chi connectivity index (χ2v) is 10.7. The van der Waals surface area contributed by atoms with Gasteiger partial charge in [-0.05, 0) is 68.6 Å². The van der Waals surface area contributed by atoms with Crippen LogP contribution in [-0.4, -0.2) is 37.8 Å². The van der Waals surface area contributed by atoms with Crippen LogP contribution in [0.1, 0.15) is 38.5 Å². The minimum Gasteiger partial charge on any atom is -0.353 e.